The van der Waals surface area contributed by atoms with E-state index >= 15 is 0 Å². The van der Waals surface area contributed by atoms with E-state index in [1.165, 1.54) is 0 Å². The second-order valence-electron chi connectivity index (χ2n) is 5.50. The Morgan fingerprint density at radius 1 is 1.32 bits per heavy atom. The minimum Gasteiger partial charge on any atom is -0.368 e. The van der Waals surface area contributed by atoms with Gasteiger partial charge < -0.3 is 9.64 Å². The third kappa shape index (κ3) is 2.49. The van der Waals surface area contributed by atoms with Crippen LogP contribution in [0, 0.1) is 5.92 Å². The fraction of sp³-hybridized carbons (Fsp3) is 0.769. The molecule has 104 valence electrons. The molecule has 3 rings (SSSR count). The van der Waals surface area contributed by atoms with E-state index in [0.29, 0.717) is 18.6 Å². The van der Waals surface area contributed by atoms with Crippen molar-refractivity contribution in [1.82, 2.24) is 19.9 Å². The molecule has 6 nitrogen and oxygen atoms in total. The number of carbonyl (C=O) groups excluding carboxylic acids is 1. The topological polar surface area (TPSA) is 60.2 Å². The molecule has 1 aromatic rings. The molecular weight excluding hydrogens is 244 g/mol. The van der Waals surface area contributed by atoms with Crippen LogP contribution in [-0.4, -0.2) is 51.6 Å². The minimum absolute atomic E-state index is 0.169. The molecule has 2 aliphatic heterocycles. The van der Waals surface area contributed by atoms with Crippen molar-refractivity contribution in [2.75, 3.05) is 19.7 Å². The second kappa shape index (κ2) is 5.28. The Bertz CT molecular complexity index is 426. The van der Waals surface area contributed by atoms with E-state index in [0.717, 1.165) is 32.4 Å². The van der Waals surface area contributed by atoms with Gasteiger partial charge in [-0.25, -0.2) is 4.68 Å². The van der Waals surface area contributed by atoms with Crippen molar-refractivity contribution in [2.24, 2.45) is 5.92 Å². The van der Waals surface area contributed by atoms with E-state index in [2.05, 4.69) is 17.2 Å². The van der Waals surface area contributed by atoms with Gasteiger partial charge in [-0.2, -0.15) is 0 Å². The van der Waals surface area contributed by atoms with Gasteiger partial charge in [0.15, 0.2) is 0 Å². The number of carbonyl (C=O) groups is 1. The van der Waals surface area contributed by atoms with Crippen LogP contribution in [0.5, 0.6) is 0 Å². The lowest BCUT2D eigenvalue weighted by Gasteiger charge is -2.33. The highest BCUT2D eigenvalue weighted by atomic mass is 16.5. The van der Waals surface area contributed by atoms with E-state index in [1.54, 1.807) is 6.20 Å². The molecule has 0 saturated carbocycles. The van der Waals surface area contributed by atoms with E-state index in [9.17, 15) is 4.79 Å². The number of amides is 1. The molecule has 2 fully saturated rings. The molecule has 1 aromatic heterocycles. The van der Waals surface area contributed by atoms with Gasteiger partial charge in [-0.1, -0.05) is 12.1 Å². The Balaban J connectivity index is 1.56. The molecule has 1 amide bonds. The van der Waals surface area contributed by atoms with E-state index in [-0.39, 0.29) is 12.0 Å². The molecule has 2 atom stereocenters. The van der Waals surface area contributed by atoms with Gasteiger partial charge in [0.05, 0.1) is 12.2 Å². The highest BCUT2D eigenvalue weighted by Crippen LogP contribution is 2.26. The maximum absolute atomic E-state index is 12.4. The third-order valence-electron chi connectivity index (χ3n) is 4.22. The predicted molar refractivity (Wildman–Crippen MR) is 68.4 cm³/mol. The van der Waals surface area contributed by atoms with Gasteiger partial charge >= 0.3 is 0 Å². The maximum Gasteiger partial charge on any atom is 0.251 e. The van der Waals surface area contributed by atoms with E-state index in [1.807, 2.05) is 15.8 Å². The summed E-state index contributed by atoms with van der Waals surface area (Å²) in [7, 11) is 0. The fourth-order valence-corrected chi connectivity index (χ4v) is 2.95. The van der Waals surface area contributed by atoms with E-state index in [4.69, 9.17) is 4.74 Å². The van der Waals surface area contributed by atoms with Crippen molar-refractivity contribution >= 4 is 5.91 Å². The molecule has 2 saturated heterocycles. The smallest absolute Gasteiger partial charge is 0.251 e. The summed E-state index contributed by atoms with van der Waals surface area (Å²) >= 11 is 0. The highest BCUT2D eigenvalue weighted by molar-refractivity contribution is 5.81. The summed E-state index contributed by atoms with van der Waals surface area (Å²) in [6.45, 7) is 4.39. The molecule has 0 aromatic carbocycles. The minimum atomic E-state index is -0.220. The van der Waals surface area contributed by atoms with Crippen molar-refractivity contribution in [2.45, 2.75) is 38.3 Å². The van der Waals surface area contributed by atoms with Gasteiger partial charge in [0.2, 0.25) is 0 Å². The van der Waals surface area contributed by atoms with Crippen LogP contribution in [-0.2, 0) is 9.53 Å². The van der Waals surface area contributed by atoms with Crippen LogP contribution in [0.1, 0.15) is 32.2 Å². The molecule has 0 N–H and O–H groups in total. The number of hydrogen-bond donors (Lipinski definition) is 0. The lowest BCUT2D eigenvalue weighted by Crippen LogP contribution is -2.45. The predicted octanol–water partition coefficient (Wildman–Crippen LogP) is 0.867. The van der Waals surface area contributed by atoms with Gasteiger partial charge in [-0.05, 0) is 25.2 Å². The molecular formula is C13H20N4O2. The average Bonchev–Trinajstić information content (AvgIpc) is 3.09. The van der Waals surface area contributed by atoms with Crippen molar-refractivity contribution < 1.29 is 9.53 Å². The number of ether oxygens (including phenoxy) is 1. The molecule has 2 aliphatic rings. The molecule has 0 bridgehead atoms. The van der Waals surface area contributed by atoms with Crippen LogP contribution in [0.3, 0.4) is 0 Å². The third-order valence-corrected chi connectivity index (χ3v) is 4.22. The van der Waals surface area contributed by atoms with Gasteiger partial charge in [0.1, 0.15) is 6.10 Å². The van der Waals surface area contributed by atoms with E-state index < -0.39 is 0 Å². The summed E-state index contributed by atoms with van der Waals surface area (Å²) in [4.78, 5) is 14.3. The maximum atomic E-state index is 12.4. The van der Waals surface area contributed by atoms with Crippen LogP contribution in [0.25, 0.3) is 0 Å². The molecule has 0 radical (unpaired) electrons. The number of aromatic nitrogens is 3. The first kappa shape index (κ1) is 12.6. The zero-order valence-corrected chi connectivity index (χ0v) is 11.2. The Morgan fingerprint density at radius 3 is 2.68 bits per heavy atom. The largest absolute Gasteiger partial charge is 0.368 e. The average molecular weight is 264 g/mol. The zero-order chi connectivity index (χ0) is 13.2. The van der Waals surface area contributed by atoms with Crippen LogP contribution >= 0.6 is 0 Å². The zero-order valence-electron chi connectivity index (χ0n) is 11.2. The van der Waals surface area contributed by atoms with Gasteiger partial charge in [-0.15, -0.1) is 5.10 Å². The van der Waals surface area contributed by atoms with Crippen molar-refractivity contribution in [1.29, 1.82) is 0 Å². The first-order valence-electron chi connectivity index (χ1n) is 7.02. The first-order valence-corrected chi connectivity index (χ1v) is 7.02. The molecule has 0 spiro atoms. The molecule has 3 heterocycles. The summed E-state index contributed by atoms with van der Waals surface area (Å²) in [5.74, 6) is 0.516. The number of piperidine rings is 1. The lowest BCUT2D eigenvalue weighted by atomic mass is 10.0. The monoisotopic (exact) mass is 264 g/mol. The van der Waals surface area contributed by atoms with Gasteiger partial charge in [0, 0.05) is 25.9 Å². The van der Waals surface area contributed by atoms with Crippen LogP contribution < -0.4 is 0 Å². The molecule has 6 heteroatoms. The van der Waals surface area contributed by atoms with Crippen molar-refractivity contribution in [3.05, 3.63) is 12.4 Å². The van der Waals surface area contributed by atoms with Gasteiger partial charge in [0.25, 0.3) is 5.91 Å². The quantitative estimate of drug-likeness (QED) is 0.795. The van der Waals surface area contributed by atoms with Crippen LogP contribution in [0.2, 0.25) is 0 Å². The summed E-state index contributed by atoms with van der Waals surface area (Å²) in [6, 6.07) is 0.369. The van der Waals surface area contributed by atoms with Crippen LogP contribution in [0.15, 0.2) is 12.4 Å². The molecule has 0 aliphatic carbocycles. The van der Waals surface area contributed by atoms with Crippen molar-refractivity contribution in [3.8, 4) is 0 Å². The summed E-state index contributed by atoms with van der Waals surface area (Å²) in [6.07, 6.45) is 6.25. The number of rotatable bonds is 2. The summed E-state index contributed by atoms with van der Waals surface area (Å²) < 4.78 is 7.46. The Labute approximate surface area is 112 Å². The second-order valence-corrected chi connectivity index (χ2v) is 5.50. The molecule has 0 unspecified atom stereocenters. The number of nitrogens with zero attached hydrogens (tertiary/aromatic N) is 4. The van der Waals surface area contributed by atoms with Crippen LogP contribution in [0.4, 0.5) is 0 Å². The Kier molecular flexibility index (Phi) is 3.50. The van der Waals surface area contributed by atoms with Gasteiger partial charge in [-0.3, -0.25) is 4.79 Å². The number of likely N-dealkylation sites (tertiary alicyclic amines) is 1. The normalized spacial score (nSPS) is 28.8. The van der Waals surface area contributed by atoms with Crippen molar-refractivity contribution in [3.63, 3.8) is 0 Å². The highest BCUT2D eigenvalue weighted by Gasteiger charge is 2.35. The first-order chi connectivity index (χ1) is 9.25. The summed E-state index contributed by atoms with van der Waals surface area (Å²) in [5, 5.41) is 7.87. The summed E-state index contributed by atoms with van der Waals surface area (Å²) in [5.41, 5.74) is 0. The lowest BCUT2D eigenvalue weighted by molar-refractivity contribution is -0.143. The number of hydrogen-bond acceptors (Lipinski definition) is 4. The molecule has 19 heavy (non-hydrogen) atoms. The standard InChI is InChI=1S/C13H20N4O2/c1-10-4-9-19-12(10)13(18)16-6-2-11(3-7-16)17-8-5-14-15-17/h5,8,10-12H,2-4,6-7,9H2,1H3/t10-,12+/m0/s1. The Hall–Kier alpha value is -1.43. The fourth-order valence-electron chi connectivity index (χ4n) is 2.95. The Morgan fingerprint density at radius 2 is 2.11 bits per heavy atom. The SMILES string of the molecule is C[C@H]1CCO[C@H]1C(=O)N1CCC(n2ccnn2)CC1.